The summed E-state index contributed by atoms with van der Waals surface area (Å²) >= 11 is 3.25. The molecular weight excluding hydrogens is 368 g/mol. The fourth-order valence-corrected chi connectivity index (χ4v) is 3.81. The van der Waals surface area contributed by atoms with Gasteiger partial charge in [-0.15, -0.1) is 0 Å². The number of carbonyl (C=O) groups excluding carboxylic acids is 1. The molecular formula is C15H23BrN2O3S. The summed E-state index contributed by atoms with van der Waals surface area (Å²) < 4.78 is 26.2. The Balaban J connectivity index is 3.20. The number of amides is 1. The van der Waals surface area contributed by atoms with Gasteiger partial charge >= 0.3 is 0 Å². The molecule has 0 heterocycles. The second-order valence-electron chi connectivity index (χ2n) is 5.17. The lowest BCUT2D eigenvalue weighted by molar-refractivity contribution is 0.0762. The Labute approximate surface area is 141 Å². The van der Waals surface area contributed by atoms with Crippen molar-refractivity contribution in [2.24, 2.45) is 0 Å². The highest BCUT2D eigenvalue weighted by atomic mass is 79.9. The van der Waals surface area contributed by atoms with Gasteiger partial charge in [-0.25, -0.2) is 12.7 Å². The molecule has 1 aromatic rings. The van der Waals surface area contributed by atoms with E-state index in [2.05, 4.69) is 22.9 Å². The van der Waals surface area contributed by atoms with Crippen LogP contribution in [-0.4, -0.2) is 50.7 Å². The third-order valence-electron chi connectivity index (χ3n) is 3.39. The quantitative estimate of drug-likeness (QED) is 0.718. The molecule has 0 fully saturated rings. The monoisotopic (exact) mass is 390 g/mol. The van der Waals surface area contributed by atoms with E-state index in [1.165, 1.54) is 20.2 Å². The van der Waals surface area contributed by atoms with Crippen molar-refractivity contribution in [2.75, 3.05) is 27.2 Å². The van der Waals surface area contributed by atoms with Crippen molar-refractivity contribution in [3.05, 3.63) is 28.2 Å². The minimum absolute atomic E-state index is 0.106. The van der Waals surface area contributed by atoms with Crippen LogP contribution in [0.1, 0.15) is 37.0 Å². The first kappa shape index (κ1) is 19.1. The van der Waals surface area contributed by atoms with Gasteiger partial charge in [0.05, 0.1) is 4.90 Å². The summed E-state index contributed by atoms with van der Waals surface area (Å²) in [4.78, 5) is 14.4. The number of halogens is 1. The van der Waals surface area contributed by atoms with Crippen molar-refractivity contribution < 1.29 is 13.2 Å². The van der Waals surface area contributed by atoms with E-state index in [1.54, 1.807) is 17.0 Å². The fourth-order valence-electron chi connectivity index (χ4n) is 1.97. The predicted octanol–water partition coefficient (Wildman–Crippen LogP) is 2.96. The number of carbonyl (C=O) groups is 1. The molecule has 1 rings (SSSR count). The highest BCUT2D eigenvalue weighted by molar-refractivity contribution is 9.10. The third-order valence-corrected chi connectivity index (χ3v) is 6.20. The lowest BCUT2D eigenvalue weighted by atomic mass is 10.2. The summed E-state index contributed by atoms with van der Waals surface area (Å²) in [6, 6.07) is 4.70. The molecule has 0 spiro atoms. The zero-order valence-corrected chi connectivity index (χ0v) is 15.9. The van der Waals surface area contributed by atoms with E-state index in [9.17, 15) is 13.2 Å². The van der Waals surface area contributed by atoms with Crippen molar-refractivity contribution in [1.29, 1.82) is 0 Å². The van der Waals surface area contributed by atoms with Gasteiger partial charge < -0.3 is 4.90 Å². The fraction of sp³-hybridized carbons (Fsp3) is 0.533. The van der Waals surface area contributed by atoms with Gasteiger partial charge in [-0.05, 0) is 47.5 Å². The third kappa shape index (κ3) is 4.30. The van der Waals surface area contributed by atoms with Crippen LogP contribution in [0.2, 0.25) is 0 Å². The summed E-state index contributed by atoms with van der Waals surface area (Å²) in [6.07, 6.45) is 1.93. The molecule has 5 nitrogen and oxygen atoms in total. The Kier molecular flexibility index (Phi) is 7.02. The first-order chi connectivity index (χ1) is 10.3. The van der Waals surface area contributed by atoms with Crippen LogP contribution in [0.25, 0.3) is 0 Å². The van der Waals surface area contributed by atoms with Crippen molar-refractivity contribution in [1.82, 2.24) is 9.21 Å². The standard InChI is InChI=1S/C15H23BrN2O3S/c1-5-7-10-18(6-2)15(19)12-8-9-13(16)14(11-12)22(20,21)17(3)4/h8-9,11H,5-7,10H2,1-4H3. The number of hydrogen-bond acceptors (Lipinski definition) is 3. The topological polar surface area (TPSA) is 57.7 Å². The van der Waals surface area contributed by atoms with E-state index in [4.69, 9.17) is 0 Å². The largest absolute Gasteiger partial charge is 0.339 e. The van der Waals surface area contributed by atoms with Crippen LogP contribution in [0, 0.1) is 0 Å². The molecule has 0 N–H and O–H groups in total. The average molecular weight is 391 g/mol. The van der Waals surface area contributed by atoms with Gasteiger partial charge in [-0.2, -0.15) is 0 Å². The predicted molar refractivity (Wildman–Crippen MR) is 91.5 cm³/mol. The summed E-state index contributed by atoms with van der Waals surface area (Å²) in [6.45, 7) is 5.27. The van der Waals surface area contributed by atoms with Gasteiger partial charge in [0.1, 0.15) is 0 Å². The first-order valence-corrected chi connectivity index (χ1v) is 9.50. The number of nitrogens with zero attached hydrogens (tertiary/aromatic N) is 2. The van der Waals surface area contributed by atoms with E-state index >= 15 is 0 Å². The zero-order chi connectivity index (χ0) is 16.9. The van der Waals surface area contributed by atoms with Crippen LogP contribution in [-0.2, 0) is 10.0 Å². The Hall–Kier alpha value is -0.920. The van der Waals surface area contributed by atoms with Gasteiger partial charge in [-0.3, -0.25) is 4.79 Å². The Morgan fingerprint density at radius 1 is 1.23 bits per heavy atom. The maximum atomic E-state index is 12.5. The Morgan fingerprint density at radius 3 is 2.36 bits per heavy atom. The molecule has 1 amide bonds. The van der Waals surface area contributed by atoms with Crippen LogP contribution in [0.15, 0.2) is 27.6 Å². The number of benzene rings is 1. The summed E-state index contributed by atoms with van der Waals surface area (Å²) in [5.41, 5.74) is 0.390. The van der Waals surface area contributed by atoms with Crippen LogP contribution in [0.3, 0.4) is 0 Å². The lowest BCUT2D eigenvalue weighted by Crippen LogP contribution is -2.32. The molecule has 0 unspecified atom stereocenters. The highest BCUT2D eigenvalue weighted by Gasteiger charge is 2.23. The normalized spacial score (nSPS) is 11.7. The summed E-state index contributed by atoms with van der Waals surface area (Å²) in [7, 11) is -0.661. The van der Waals surface area contributed by atoms with Crippen molar-refractivity contribution in [3.63, 3.8) is 0 Å². The lowest BCUT2D eigenvalue weighted by Gasteiger charge is -2.21. The second-order valence-corrected chi connectivity index (χ2v) is 8.15. The van der Waals surface area contributed by atoms with Crippen molar-refractivity contribution >= 4 is 31.9 Å². The molecule has 0 radical (unpaired) electrons. The molecule has 0 aromatic heterocycles. The first-order valence-electron chi connectivity index (χ1n) is 7.27. The van der Waals surface area contributed by atoms with Crippen molar-refractivity contribution in [2.45, 2.75) is 31.6 Å². The van der Waals surface area contributed by atoms with Gasteiger partial charge in [0, 0.05) is 37.2 Å². The minimum Gasteiger partial charge on any atom is -0.339 e. The molecule has 0 aliphatic carbocycles. The molecule has 0 saturated carbocycles. The molecule has 7 heteroatoms. The van der Waals surface area contributed by atoms with E-state index in [0.717, 1.165) is 17.1 Å². The van der Waals surface area contributed by atoms with Crippen LogP contribution in [0.4, 0.5) is 0 Å². The zero-order valence-electron chi connectivity index (χ0n) is 13.5. The Bertz CT molecular complexity index is 630. The van der Waals surface area contributed by atoms with Crippen molar-refractivity contribution in [3.8, 4) is 0 Å². The number of unbranched alkanes of at least 4 members (excludes halogenated alkanes) is 1. The van der Waals surface area contributed by atoms with Gasteiger partial charge in [0.15, 0.2) is 0 Å². The van der Waals surface area contributed by atoms with Crippen LogP contribution >= 0.6 is 15.9 Å². The van der Waals surface area contributed by atoms with Gasteiger partial charge in [0.25, 0.3) is 5.91 Å². The SMILES string of the molecule is CCCCN(CC)C(=O)c1ccc(Br)c(S(=O)(=O)N(C)C)c1. The smallest absolute Gasteiger partial charge is 0.253 e. The molecule has 0 aliphatic heterocycles. The molecule has 1 aromatic carbocycles. The van der Waals surface area contributed by atoms with Crippen LogP contribution in [0.5, 0.6) is 0 Å². The molecule has 0 aliphatic rings. The van der Waals surface area contributed by atoms with Gasteiger partial charge in [0.2, 0.25) is 10.0 Å². The van der Waals surface area contributed by atoms with Crippen LogP contribution < -0.4 is 0 Å². The van der Waals surface area contributed by atoms with E-state index < -0.39 is 10.0 Å². The Morgan fingerprint density at radius 2 is 1.86 bits per heavy atom. The summed E-state index contributed by atoms with van der Waals surface area (Å²) in [5.74, 6) is -0.140. The molecule has 0 bridgehead atoms. The number of rotatable bonds is 7. The average Bonchev–Trinajstić information content (AvgIpc) is 2.47. The molecule has 0 saturated heterocycles. The van der Waals surface area contributed by atoms with E-state index in [1.807, 2.05) is 6.92 Å². The summed E-state index contributed by atoms with van der Waals surface area (Å²) in [5, 5.41) is 0. The molecule has 22 heavy (non-hydrogen) atoms. The highest BCUT2D eigenvalue weighted by Crippen LogP contribution is 2.25. The molecule has 0 atom stereocenters. The maximum absolute atomic E-state index is 12.5. The molecule has 124 valence electrons. The number of hydrogen-bond donors (Lipinski definition) is 0. The maximum Gasteiger partial charge on any atom is 0.253 e. The number of sulfonamides is 1. The minimum atomic E-state index is -3.60. The van der Waals surface area contributed by atoms with Gasteiger partial charge in [-0.1, -0.05) is 13.3 Å². The second kappa shape index (κ2) is 8.08. The van der Waals surface area contributed by atoms with E-state index in [-0.39, 0.29) is 10.8 Å². The van der Waals surface area contributed by atoms with E-state index in [0.29, 0.717) is 23.1 Å².